The maximum atomic E-state index is 12.8. The molecule has 0 spiro atoms. The molecular weight excluding hydrogens is 364 g/mol. The lowest BCUT2D eigenvalue weighted by atomic mass is 9.54. The lowest BCUT2D eigenvalue weighted by Gasteiger charge is -2.51. The minimum atomic E-state index is -0.849. The summed E-state index contributed by atoms with van der Waals surface area (Å²) in [5.41, 5.74) is 0.239. The number of ether oxygens (including phenoxy) is 1. The van der Waals surface area contributed by atoms with Crippen LogP contribution in [0.2, 0.25) is 0 Å². The number of unbranched alkanes of at least 4 members (excludes halogenated alkanes) is 1. The van der Waals surface area contributed by atoms with Gasteiger partial charge in [-0.2, -0.15) is 0 Å². The molecule has 0 heterocycles. The van der Waals surface area contributed by atoms with E-state index >= 15 is 0 Å². The monoisotopic (exact) mass is 408 g/mol. The van der Waals surface area contributed by atoms with Crippen molar-refractivity contribution in [1.29, 1.82) is 0 Å². The number of carboxylic acids is 1. The molecule has 0 amide bonds. The van der Waals surface area contributed by atoms with Crippen molar-refractivity contribution >= 4 is 11.9 Å². The van der Waals surface area contributed by atoms with Gasteiger partial charge in [0.15, 0.2) is 0 Å². The third-order valence-corrected chi connectivity index (χ3v) is 8.17. The zero-order chi connectivity index (χ0) is 21.8. The number of carbonyl (C=O) groups is 2. The van der Waals surface area contributed by atoms with Gasteiger partial charge in [-0.3, -0.25) is 9.59 Å². The molecule has 2 aliphatic carbocycles. The van der Waals surface area contributed by atoms with Crippen molar-refractivity contribution in [3.05, 3.63) is 0 Å². The molecule has 168 valence electrons. The normalized spacial score (nSPS) is 34.7. The maximum absolute atomic E-state index is 12.8. The minimum Gasteiger partial charge on any atom is -0.481 e. The third kappa shape index (κ3) is 5.76. The van der Waals surface area contributed by atoms with Gasteiger partial charge < -0.3 is 9.84 Å². The van der Waals surface area contributed by atoms with Crippen LogP contribution in [0.3, 0.4) is 0 Å². The fourth-order valence-corrected chi connectivity index (χ4v) is 6.51. The van der Waals surface area contributed by atoms with Gasteiger partial charge in [0.1, 0.15) is 0 Å². The molecule has 0 radical (unpaired) electrons. The van der Waals surface area contributed by atoms with Gasteiger partial charge in [-0.15, -0.1) is 0 Å². The van der Waals surface area contributed by atoms with E-state index in [9.17, 15) is 14.7 Å². The van der Waals surface area contributed by atoms with Crippen LogP contribution in [0, 0.1) is 46.8 Å². The summed E-state index contributed by atoms with van der Waals surface area (Å²) in [6.45, 7) is 14.3. The fourth-order valence-electron chi connectivity index (χ4n) is 6.51. The second-order valence-electron chi connectivity index (χ2n) is 10.9. The highest BCUT2D eigenvalue weighted by molar-refractivity contribution is 5.81. The summed E-state index contributed by atoms with van der Waals surface area (Å²) in [6, 6.07) is 0. The molecule has 1 N–H and O–H groups in total. The zero-order valence-corrected chi connectivity index (χ0v) is 19.6. The van der Waals surface area contributed by atoms with E-state index in [1.807, 2.05) is 0 Å². The zero-order valence-electron chi connectivity index (χ0n) is 19.6. The van der Waals surface area contributed by atoms with E-state index in [1.165, 1.54) is 25.7 Å². The smallest absolute Gasteiger partial charge is 0.309 e. The average Bonchev–Trinajstić information content (AvgIpc) is 2.64. The minimum absolute atomic E-state index is 0.239. The Morgan fingerprint density at radius 2 is 1.79 bits per heavy atom. The lowest BCUT2D eigenvalue weighted by Crippen LogP contribution is -2.45. The van der Waals surface area contributed by atoms with Crippen LogP contribution in [-0.2, 0) is 14.3 Å². The van der Waals surface area contributed by atoms with Crippen molar-refractivity contribution < 1.29 is 19.4 Å². The van der Waals surface area contributed by atoms with Crippen LogP contribution in [0.25, 0.3) is 0 Å². The van der Waals surface area contributed by atoms with E-state index in [4.69, 9.17) is 4.74 Å². The Morgan fingerprint density at radius 1 is 1.10 bits per heavy atom. The number of carboxylic acid groups (broad SMARTS) is 1. The van der Waals surface area contributed by atoms with Crippen LogP contribution >= 0.6 is 0 Å². The molecular formula is C25H44O4. The van der Waals surface area contributed by atoms with Gasteiger partial charge in [-0.25, -0.2) is 0 Å². The quantitative estimate of drug-likeness (QED) is 0.487. The lowest BCUT2D eigenvalue weighted by molar-refractivity contribution is -0.163. The predicted molar refractivity (Wildman–Crippen MR) is 116 cm³/mol. The van der Waals surface area contributed by atoms with Crippen molar-refractivity contribution in [1.82, 2.24) is 0 Å². The standard InChI is InChI=1S/C25H44O4/c1-7-8-9-22-18(11-13-21(16(2)3)25(22,5)6)15-29-24(28)19-12-10-17(4)14-20(19)23(26)27/h16-22H,7-15H2,1-6H3,(H,26,27). The van der Waals surface area contributed by atoms with Gasteiger partial charge in [-0.05, 0) is 73.5 Å². The summed E-state index contributed by atoms with van der Waals surface area (Å²) in [4.78, 5) is 24.5. The second kappa shape index (κ2) is 10.3. The van der Waals surface area contributed by atoms with Crippen LogP contribution in [-0.4, -0.2) is 23.7 Å². The number of esters is 1. The molecule has 2 fully saturated rings. The van der Waals surface area contributed by atoms with E-state index in [0.717, 1.165) is 12.8 Å². The molecule has 2 rings (SSSR count). The molecule has 0 saturated heterocycles. The van der Waals surface area contributed by atoms with Gasteiger partial charge in [0.2, 0.25) is 0 Å². The van der Waals surface area contributed by atoms with Gasteiger partial charge in [-0.1, -0.05) is 54.4 Å². The molecule has 4 nitrogen and oxygen atoms in total. The third-order valence-electron chi connectivity index (χ3n) is 8.17. The molecule has 4 heteroatoms. The topological polar surface area (TPSA) is 63.6 Å². The predicted octanol–water partition coefficient (Wildman–Crippen LogP) is 6.18. The molecule has 0 aromatic heterocycles. The van der Waals surface area contributed by atoms with Gasteiger partial charge >= 0.3 is 11.9 Å². The maximum Gasteiger partial charge on any atom is 0.309 e. The second-order valence-corrected chi connectivity index (χ2v) is 10.9. The SMILES string of the molecule is CCCCC1C(COC(=O)C2CCC(C)CC2C(=O)O)CCC(C(C)C)C1(C)C. The molecule has 0 aliphatic heterocycles. The van der Waals surface area contributed by atoms with Crippen LogP contribution in [0.1, 0.15) is 92.9 Å². The molecule has 2 saturated carbocycles. The molecule has 29 heavy (non-hydrogen) atoms. The van der Waals surface area contributed by atoms with Crippen molar-refractivity contribution in [2.24, 2.45) is 46.8 Å². The Balaban J connectivity index is 2.05. The van der Waals surface area contributed by atoms with Crippen molar-refractivity contribution in [2.75, 3.05) is 6.61 Å². The van der Waals surface area contributed by atoms with Crippen molar-refractivity contribution in [3.63, 3.8) is 0 Å². The molecule has 0 bridgehead atoms. The van der Waals surface area contributed by atoms with Crippen LogP contribution < -0.4 is 0 Å². The summed E-state index contributed by atoms with van der Waals surface area (Å²) >= 11 is 0. The Morgan fingerprint density at radius 3 is 2.38 bits per heavy atom. The summed E-state index contributed by atoms with van der Waals surface area (Å²) in [5.74, 6) is 0.490. The first kappa shape index (κ1) is 24.2. The molecule has 6 unspecified atom stereocenters. The first-order valence-corrected chi connectivity index (χ1v) is 12.0. The van der Waals surface area contributed by atoms with Crippen LogP contribution in [0.4, 0.5) is 0 Å². The van der Waals surface area contributed by atoms with E-state index < -0.39 is 17.8 Å². The number of aliphatic carboxylic acids is 1. The largest absolute Gasteiger partial charge is 0.481 e. The van der Waals surface area contributed by atoms with Crippen LogP contribution in [0.5, 0.6) is 0 Å². The molecule has 0 aromatic carbocycles. The van der Waals surface area contributed by atoms with Gasteiger partial charge in [0.25, 0.3) is 0 Å². The Hall–Kier alpha value is -1.06. The van der Waals surface area contributed by atoms with Gasteiger partial charge in [0, 0.05) is 0 Å². The van der Waals surface area contributed by atoms with Crippen LogP contribution in [0.15, 0.2) is 0 Å². The molecule has 2 aliphatic rings. The van der Waals surface area contributed by atoms with E-state index in [0.29, 0.717) is 49.0 Å². The van der Waals surface area contributed by atoms with E-state index in [1.54, 1.807) is 0 Å². The Labute approximate surface area is 178 Å². The first-order chi connectivity index (χ1) is 13.6. The molecule has 0 aromatic rings. The number of hydrogen-bond donors (Lipinski definition) is 1. The first-order valence-electron chi connectivity index (χ1n) is 12.0. The fraction of sp³-hybridized carbons (Fsp3) is 0.920. The average molecular weight is 409 g/mol. The summed E-state index contributed by atoms with van der Waals surface area (Å²) < 4.78 is 5.83. The van der Waals surface area contributed by atoms with Crippen molar-refractivity contribution in [2.45, 2.75) is 92.9 Å². The number of rotatable bonds is 8. The summed E-state index contributed by atoms with van der Waals surface area (Å²) in [6.07, 6.45) is 8.02. The highest BCUT2D eigenvalue weighted by atomic mass is 16.5. The van der Waals surface area contributed by atoms with Crippen molar-refractivity contribution in [3.8, 4) is 0 Å². The highest BCUT2D eigenvalue weighted by Gasteiger charge is 2.46. The van der Waals surface area contributed by atoms with E-state index in [-0.39, 0.29) is 11.4 Å². The Bertz CT molecular complexity index is 553. The molecule has 6 atom stereocenters. The van der Waals surface area contributed by atoms with E-state index in [2.05, 4.69) is 41.5 Å². The van der Waals surface area contributed by atoms with Gasteiger partial charge in [0.05, 0.1) is 18.4 Å². The number of carbonyl (C=O) groups excluding carboxylic acids is 1. The highest BCUT2D eigenvalue weighted by Crippen LogP contribution is 2.52. The summed E-state index contributed by atoms with van der Waals surface area (Å²) in [7, 11) is 0. The Kier molecular flexibility index (Phi) is 8.60. The summed E-state index contributed by atoms with van der Waals surface area (Å²) in [5, 5.41) is 9.57. The number of hydrogen-bond acceptors (Lipinski definition) is 3.